The SMILES string of the molecule is CC(=O)c1cc(C=O)ccc1Sc1ccc(Cl)c(Cl)c1. The molecule has 0 saturated carbocycles. The van der Waals surface area contributed by atoms with Gasteiger partial charge in [0.2, 0.25) is 0 Å². The molecule has 0 aromatic heterocycles. The Bertz CT molecular complexity index is 684. The quantitative estimate of drug-likeness (QED) is 0.575. The van der Waals surface area contributed by atoms with Gasteiger partial charge >= 0.3 is 0 Å². The second kappa shape index (κ2) is 6.44. The van der Waals surface area contributed by atoms with Gasteiger partial charge in [-0.15, -0.1) is 0 Å². The number of aldehydes is 1. The lowest BCUT2D eigenvalue weighted by Gasteiger charge is -2.08. The van der Waals surface area contributed by atoms with E-state index in [2.05, 4.69) is 0 Å². The molecular weight excluding hydrogens is 315 g/mol. The maximum absolute atomic E-state index is 11.7. The molecule has 102 valence electrons. The predicted molar refractivity (Wildman–Crippen MR) is 82.4 cm³/mol. The van der Waals surface area contributed by atoms with Crippen LogP contribution in [0.15, 0.2) is 46.2 Å². The van der Waals surface area contributed by atoms with Crippen LogP contribution in [0, 0.1) is 0 Å². The van der Waals surface area contributed by atoms with Crippen molar-refractivity contribution in [2.45, 2.75) is 16.7 Å². The Kier molecular flexibility index (Phi) is 4.86. The highest BCUT2D eigenvalue weighted by molar-refractivity contribution is 7.99. The largest absolute Gasteiger partial charge is 0.298 e. The summed E-state index contributed by atoms with van der Waals surface area (Å²) in [5.41, 5.74) is 0.999. The van der Waals surface area contributed by atoms with Crippen molar-refractivity contribution in [2.24, 2.45) is 0 Å². The molecule has 2 rings (SSSR count). The third-order valence-corrected chi connectivity index (χ3v) is 4.44. The highest BCUT2D eigenvalue weighted by atomic mass is 35.5. The summed E-state index contributed by atoms with van der Waals surface area (Å²) in [5.74, 6) is -0.0868. The summed E-state index contributed by atoms with van der Waals surface area (Å²) < 4.78 is 0. The number of benzene rings is 2. The summed E-state index contributed by atoms with van der Waals surface area (Å²) in [5, 5.41) is 0.949. The minimum atomic E-state index is -0.0868. The Hall–Kier alpha value is -1.29. The van der Waals surface area contributed by atoms with Crippen LogP contribution in [-0.2, 0) is 0 Å². The van der Waals surface area contributed by atoms with Gasteiger partial charge in [-0.25, -0.2) is 0 Å². The number of Topliss-reactive ketones (excluding diaryl/α,β-unsaturated/α-hetero) is 1. The third kappa shape index (κ3) is 3.42. The van der Waals surface area contributed by atoms with E-state index >= 15 is 0 Å². The molecule has 0 saturated heterocycles. The summed E-state index contributed by atoms with van der Waals surface area (Å²) in [4.78, 5) is 24.1. The molecule has 0 N–H and O–H groups in total. The van der Waals surface area contributed by atoms with Crippen LogP contribution in [-0.4, -0.2) is 12.1 Å². The van der Waals surface area contributed by atoms with E-state index in [4.69, 9.17) is 23.2 Å². The third-order valence-electron chi connectivity index (χ3n) is 2.64. The van der Waals surface area contributed by atoms with Crippen molar-refractivity contribution in [1.82, 2.24) is 0 Å². The molecule has 0 amide bonds. The Balaban J connectivity index is 2.39. The zero-order valence-electron chi connectivity index (χ0n) is 10.5. The average Bonchev–Trinajstić information content (AvgIpc) is 2.43. The minimum absolute atomic E-state index is 0.0868. The van der Waals surface area contributed by atoms with Gasteiger partial charge in [0.25, 0.3) is 0 Å². The van der Waals surface area contributed by atoms with Gasteiger partial charge in [0.05, 0.1) is 10.0 Å². The first-order valence-electron chi connectivity index (χ1n) is 5.74. The van der Waals surface area contributed by atoms with Crippen LogP contribution in [0.2, 0.25) is 10.0 Å². The molecule has 0 aliphatic heterocycles. The standard InChI is InChI=1S/C15H10Cl2O2S/c1-9(19)12-6-10(8-18)2-5-15(12)20-11-3-4-13(16)14(17)7-11/h2-8H,1H3. The molecule has 0 atom stereocenters. The van der Waals surface area contributed by atoms with Crippen molar-refractivity contribution in [3.05, 3.63) is 57.6 Å². The normalized spacial score (nSPS) is 10.3. The van der Waals surface area contributed by atoms with E-state index in [9.17, 15) is 9.59 Å². The topological polar surface area (TPSA) is 34.1 Å². The van der Waals surface area contributed by atoms with E-state index in [1.54, 1.807) is 30.3 Å². The highest BCUT2D eigenvalue weighted by Gasteiger charge is 2.10. The number of ketones is 1. The monoisotopic (exact) mass is 324 g/mol. The lowest BCUT2D eigenvalue weighted by atomic mass is 10.1. The predicted octanol–water partition coefficient (Wildman–Crippen LogP) is 5.16. The molecule has 0 unspecified atom stereocenters. The first-order valence-corrected chi connectivity index (χ1v) is 7.31. The van der Waals surface area contributed by atoms with Crippen LogP contribution >= 0.6 is 35.0 Å². The molecule has 2 aromatic rings. The molecule has 2 nitrogen and oxygen atoms in total. The number of rotatable bonds is 4. The van der Waals surface area contributed by atoms with Crippen molar-refractivity contribution in [3.8, 4) is 0 Å². The Morgan fingerprint density at radius 3 is 2.45 bits per heavy atom. The minimum Gasteiger partial charge on any atom is -0.298 e. The van der Waals surface area contributed by atoms with Crippen LogP contribution in [0.3, 0.4) is 0 Å². The van der Waals surface area contributed by atoms with Gasteiger partial charge in [0, 0.05) is 20.9 Å². The first-order chi connectivity index (χ1) is 9.51. The molecule has 0 fully saturated rings. The second-order valence-electron chi connectivity index (χ2n) is 4.11. The van der Waals surface area contributed by atoms with Gasteiger partial charge in [-0.3, -0.25) is 9.59 Å². The average molecular weight is 325 g/mol. The number of hydrogen-bond acceptors (Lipinski definition) is 3. The molecule has 0 aliphatic carbocycles. The van der Waals surface area contributed by atoms with Crippen molar-refractivity contribution in [2.75, 3.05) is 0 Å². The molecule has 5 heteroatoms. The van der Waals surface area contributed by atoms with E-state index < -0.39 is 0 Å². The summed E-state index contributed by atoms with van der Waals surface area (Å²) >= 11 is 13.2. The van der Waals surface area contributed by atoms with Gasteiger partial charge in [0.15, 0.2) is 5.78 Å². The van der Waals surface area contributed by atoms with E-state index in [1.807, 2.05) is 6.07 Å². The van der Waals surface area contributed by atoms with Crippen molar-refractivity contribution in [3.63, 3.8) is 0 Å². The summed E-state index contributed by atoms with van der Waals surface area (Å²) in [6.45, 7) is 1.48. The van der Waals surface area contributed by atoms with E-state index in [-0.39, 0.29) is 5.78 Å². The smallest absolute Gasteiger partial charge is 0.160 e. The first kappa shape index (κ1) is 15.1. The Labute approximate surface area is 131 Å². The second-order valence-corrected chi connectivity index (χ2v) is 6.04. The van der Waals surface area contributed by atoms with Crippen molar-refractivity contribution in [1.29, 1.82) is 0 Å². The Morgan fingerprint density at radius 1 is 1.10 bits per heavy atom. The molecule has 0 radical (unpaired) electrons. The van der Waals surface area contributed by atoms with Crippen LogP contribution < -0.4 is 0 Å². The van der Waals surface area contributed by atoms with Crippen molar-refractivity contribution >= 4 is 47.0 Å². The number of hydrogen-bond donors (Lipinski definition) is 0. The molecule has 20 heavy (non-hydrogen) atoms. The van der Waals surface area contributed by atoms with Crippen LogP contribution in [0.5, 0.6) is 0 Å². The molecule has 0 aliphatic rings. The molecular formula is C15H10Cl2O2S. The summed E-state index contributed by atoms with van der Waals surface area (Å²) in [6, 6.07) is 10.3. The number of halogens is 2. The van der Waals surface area contributed by atoms with Gasteiger partial charge in [-0.2, -0.15) is 0 Å². The molecule has 2 aromatic carbocycles. The van der Waals surface area contributed by atoms with Gasteiger partial charge < -0.3 is 0 Å². The fraction of sp³-hybridized carbons (Fsp3) is 0.0667. The van der Waals surface area contributed by atoms with Gasteiger partial charge in [0.1, 0.15) is 6.29 Å². The number of carbonyl (C=O) groups excluding carboxylic acids is 2. The lowest BCUT2D eigenvalue weighted by molar-refractivity contribution is 0.101. The van der Waals surface area contributed by atoms with E-state index in [0.29, 0.717) is 21.2 Å². The maximum Gasteiger partial charge on any atom is 0.160 e. The van der Waals surface area contributed by atoms with E-state index in [0.717, 1.165) is 16.1 Å². The fourth-order valence-corrected chi connectivity index (χ4v) is 3.03. The highest BCUT2D eigenvalue weighted by Crippen LogP contribution is 2.34. The lowest BCUT2D eigenvalue weighted by Crippen LogP contribution is -1.97. The van der Waals surface area contributed by atoms with Crippen LogP contribution in [0.25, 0.3) is 0 Å². The fourth-order valence-electron chi connectivity index (χ4n) is 1.65. The zero-order valence-corrected chi connectivity index (χ0v) is 12.9. The Morgan fingerprint density at radius 2 is 1.85 bits per heavy atom. The zero-order chi connectivity index (χ0) is 14.7. The van der Waals surface area contributed by atoms with Crippen LogP contribution in [0.1, 0.15) is 27.6 Å². The van der Waals surface area contributed by atoms with Crippen LogP contribution in [0.4, 0.5) is 0 Å². The van der Waals surface area contributed by atoms with E-state index in [1.165, 1.54) is 18.7 Å². The molecule has 0 spiro atoms. The molecule has 0 heterocycles. The number of carbonyl (C=O) groups is 2. The van der Waals surface area contributed by atoms with Crippen molar-refractivity contribution < 1.29 is 9.59 Å². The summed E-state index contributed by atoms with van der Waals surface area (Å²) in [7, 11) is 0. The van der Waals surface area contributed by atoms with Gasteiger partial charge in [-0.1, -0.05) is 41.0 Å². The maximum atomic E-state index is 11.7. The van der Waals surface area contributed by atoms with Gasteiger partial charge in [-0.05, 0) is 37.3 Å². The molecule has 0 bridgehead atoms. The summed E-state index contributed by atoms with van der Waals surface area (Å²) in [6.07, 6.45) is 0.722.